The van der Waals surface area contributed by atoms with Crippen LogP contribution in [0.4, 0.5) is 11.4 Å². The quantitative estimate of drug-likeness (QED) is 0.856. The van der Waals surface area contributed by atoms with Gasteiger partial charge in [-0.3, -0.25) is 9.10 Å². The molecule has 7 heteroatoms. The first-order valence-electron chi connectivity index (χ1n) is 7.88. The lowest BCUT2D eigenvalue weighted by molar-refractivity contribution is -0.117. The minimum atomic E-state index is -3.24. The zero-order valence-corrected chi connectivity index (χ0v) is 14.7. The first-order valence-corrected chi connectivity index (χ1v) is 9.49. The SMILES string of the molecule is Cc1ccc(NC(=O)[C@@H](N)CC(C)C)cc1N1CCCS1(=O)=O. The lowest BCUT2D eigenvalue weighted by Gasteiger charge is -2.21. The van der Waals surface area contributed by atoms with Crippen LogP contribution in [0, 0.1) is 12.8 Å². The number of sulfonamides is 1. The van der Waals surface area contributed by atoms with Crippen LogP contribution >= 0.6 is 0 Å². The van der Waals surface area contributed by atoms with Crippen LogP contribution < -0.4 is 15.4 Å². The fraction of sp³-hybridized carbons (Fsp3) is 0.562. The molecular weight excluding hydrogens is 314 g/mol. The third-order valence-electron chi connectivity index (χ3n) is 3.91. The van der Waals surface area contributed by atoms with Gasteiger partial charge in [0.2, 0.25) is 15.9 Å². The summed E-state index contributed by atoms with van der Waals surface area (Å²) in [7, 11) is -3.24. The predicted octanol–water partition coefficient (Wildman–Crippen LogP) is 1.85. The molecule has 0 bridgehead atoms. The number of carbonyl (C=O) groups is 1. The maximum absolute atomic E-state index is 12.1. The molecule has 1 amide bonds. The third-order valence-corrected chi connectivity index (χ3v) is 5.76. The molecule has 1 aliphatic heterocycles. The van der Waals surface area contributed by atoms with Crippen molar-refractivity contribution in [3.8, 4) is 0 Å². The molecule has 2 rings (SSSR count). The molecule has 0 aromatic heterocycles. The lowest BCUT2D eigenvalue weighted by atomic mass is 10.0. The summed E-state index contributed by atoms with van der Waals surface area (Å²) in [6.07, 6.45) is 1.22. The zero-order valence-electron chi connectivity index (χ0n) is 13.9. The standard InChI is InChI=1S/C16H25N3O3S/c1-11(2)9-14(17)16(20)18-13-6-5-12(3)15(10-13)19-7-4-8-23(19,21)22/h5-6,10-11,14H,4,7-9,17H2,1-3H3,(H,18,20)/t14-/m0/s1. The maximum Gasteiger partial charge on any atom is 0.241 e. The number of rotatable bonds is 5. The molecule has 0 radical (unpaired) electrons. The Kier molecular flexibility index (Phi) is 5.31. The summed E-state index contributed by atoms with van der Waals surface area (Å²) >= 11 is 0. The van der Waals surface area contributed by atoms with E-state index in [4.69, 9.17) is 5.73 Å². The van der Waals surface area contributed by atoms with Crippen molar-refractivity contribution in [1.82, 2.24) is 0 Å². The highest BCUT2D eigenvalue weighted by atomic mass is 32.2. The van der Waals surface area contributed by atoms with Gasteiger partial charge in [0.15, 0.2) is 0 Å². The van der Waals surface area contributed by atoms with Crippen LogP contribution in [-0.4, -0.2) is 32.7 Å². The molecule has 0 spiro atoms. The van der Waals surface area contributed by atoms with Crippen LogP contribution in [0.2, 0.25) is 0 Å². The smallest absolute Gasteiger partial charge is 0.241 e. The van der Waals surface area contributed by atoms with Crippen molar-refractivity contribution < 1.29 is 13.2 Å². The Morgan fingerprint density at radius 1 is 1.39 bits per heavy atom. The summed E-state index contributed by atoms with van der Waals surface area (Å²) in [5.74, 6) is 0.249. The minimum absolute atomic E-state index is 0.169. The summed E-state index contributed by atoms with van der Waals surface area (Å²) in [5, 5.41) is 2.78. The van der Waals surface area contributed by atoms with Crippen LogP contribution in [0.1, 0.15) is 32.3 Å². The van der Waals surface area contributed by atoms with Gasteiger partial charge in [-0.05, 0) is 43.4 Å². The van der Waals surface area contributed by atoms with Gasteiger partial charge in [0.05, 0.1) is 17.5 Å². The topological polar surface area (TPSA) is 92.5 Å². The van der Waals surface area contributed by atoms with Gasteiger partial charge < -0.3 is 11.1 Å². The highest BCUT2D eigenvalue weighted by Crippen LogP contribution is 2.30. The van der Waals surface area contributed by atoms with Gasteiger partial charge in [0.1, 0.15) is 0 Å². The Bertz CT molecular complexity index is 686. The van der Waals surface area contributed by atoms with E-state index in [1.807, 2.05) is 26.8 Å². The average molecular weight is 339 g/mol. The molecule has 1 heterocycles. The van der Waals surface area contributed by atoms with E-state index in [0.717, 1.165) is 5.56 Å². The van der Waals surface area contributed by atoms with Crippen LogP contribution in [0.3, 0.4) is 0 Å². The Morgan fingerprint density at radius 3 is 2.65 bits per heavy atom. The molecule has 0 aliphatic carbocycles. The number of hydrogen-bond donors (Lipinski definition) is 2. The molecule has 0 unspecified atom stereocenters. The van der Waals surface area contributed by atoms with E-state index in [-0.39, 0.29) is 11.7 Å². The number of carbonyl (C=O) groups excluding carboxylic acids is 1. The van der Waals surface area contributed by atoms with E-state index in [0.29, 0.717) is 36.7 Å². The van der Waals surface area contributed by atoms with Crippen molar-refractivity contribution in [3.63, 3.8) is 0 Å². The molecule has 23 heavy (non-hydrogen) atoms. The van der Waals surface area contributed by atoms with Crippen LogP contribution in [0.15, 0.2) is 18.2 Å². The highest BCUT2D eigenvalue weighted by Gasteiger charge is 2.29. The van der Waals surface area contributed by atoms with E-state index in [9.17, 15) is 13.2 Å². The number of amides is 1. The van der Waals surface area contributed by atoms with Gasteiger partial charge >= 0.3 is 0 Å². The fourth-order valence-corrected chi connectivity index (χ4v) is 4.33. The second kappa shape index (κ2) is 6.88. The molecule has 1 atom stereocenters. The molecule has 3 N–H and O–H groups in total. The minimum Gasteiger partial charge on any atom is -0.325 e. The van der Waals surface area contributed by atoms with Crippen LogP contribution in [0.25, 0.3) is 0 Å². The molecular formula is C16H25N3O3S. The van der Waals surface area contributed by atoms with Crippen molar-refractivity contribution in [1.29, 1.82) is 0 Å². The summed E-state index contributed by atoms with van der Waals surface area (Å²) in [6, 6.07) is 4.71. The molecule has 1 fully saturated rings. The number of anilines is 2. The summed E-state index contributed by atoms with van der Waals surface area (Å²) in [4.78, 5) is 12.1. The van der Waals surface area contributed by atoms with E-state index in [1.165, 1.54) is 4.31 Å². The highest BCUT2D eigenvalue weighted by molar-refractivity contribution is 7.93. The summed E-state index contributed by atoms with van der Waals surface area (Å²) < 4.78 is 25.6. The third kappa shape index (κ3) is 4.23. The van der Waals surface area contributed by atoms with E-state index in [1.54, 1.807) is 12.1 Å². The maximum atomic E-state index is 12.1. The molecule has 1 saturated heterocycles. The van der Waals surface area contributed by atoms with Crippen molar-refractivity contribution >= 4 is 27.3 Å². The Labute approximate surface area is 138 Å². The lowest BCUT2D eigenvalue weighted by Crippen LogP contribution is -2.36. The zero-order chi connectivity index (χ0) is 17.2. The first-order chi connectivity index (χ1) is 10.7. The Morgan fingerprint density at radius 2 is 2.09 bits per heavy atom. The summed E-state index contributed by atoms with van der Waals surface area (Å²) in [5.41, 5.74) is 7.93. The fourth-order valence-electron chi connectivity index (χ4n) is 2.72. The van der Waals surface area contributed by atoms with Crippen molar-refractivity contribution in [2.75, 3.05) is 21.9 Å². The number of nitrogens with one attached hydrogen (secondary N) is 1. The Balaban J connectivity index is 2.19. The van der Waals surface area contributed by atoms with Crippen LogP contribution in [-0.2, 0) is 14.8 Å². The van der Waals surface area contributed by atoms with E-state index >= 15 is 0 Å². The van der Waals surface area contributed by atoms with Crippen molar-refractivity contribution in [2.24, 2.45) is 11.7 Å². The predicted molar refractivity (Wildman–Crippen MR) is 93.0 cm³/mol. The molecule has 6 nitrogen and oxygen atoms in total. The second-order valence-electron chi connectivity index (χ2n) is 6.47. The Hall–Kier alpha value is -1.60. The molecule has 1 aliphatic rings. The number of benzene rings is 1. The van der Waals surface area contributed by atoms with Gasteiger partial charge in [0, 0.05) is 12.2 Å². The monoisotopic (exact) mass is 339 g/mol. The van der Waals surface area contributed by atoms with Crippen molar-refractivity contribution in [3.05, 3.63) is 23.8 Å². The molecule has 1 aromatic rings. The van der Waals surface area contributed by atoms with Crippen molar-refractivity contribution in [2.45, 2.75) is 39.7 Å². The van der Waals surface area contributed by atoms with E-state index in [2.05, 4.69) is 5.32 Å². The normalized spacial score (nSPS) is 18.2. The number of nitrogens with two attached hydrogens (primary N) is 1. The number of nitrogens with zero attached hydrogens (tertiary/aromatic N) is 1. The second-order valence-corrected chi connectivity index (χ2v) is 8.48. The van der Waals surface area contributed by atoms with Gasteiger partial charge in [-0.25, -0.2) is 8.42 Å². The molecule has 1 aromatic carbocycles. The summed E-state index contributed by atoms with van der Waals surface area (Å²) in [6.45, 7) is 6.36. The van der Waals surface area contributed by atoms with Gasteiger partial charge in [-0.15, -0.1) is 0 Å². The number of hydrogen-bond acceptors (Lipinski definition) is 4. The van der Waals surface area contributed by atoms with Gasteiger partial charge in [0.25, 0.3) is 0 Å². The number of aryl methyl sites for hydroxylation is 1. The largest absolute Gasteiger partial charge is 0.325 e. The van der Waals surface area contributed by atoms with Crippen LogP contribution in [0.5, 0.6) is 0 Å². The molecule has 0 saturated carbocycles. The van der Waals surface area contributed by atoms with E-state index < -0.39 is 16.1 Å². The van der Waals surface area contributed by atoms with Gasteiger partial charge in [-0.1, -0.05) is 19.9 Å². The average Bonchev–Trinajstić information content (AvgIpc) is 2.79. The van der Waals surface area contributed by atoms with Gasteiger partial charge in [-0.2, -0.15) is 0 Å². The molecule has 128 valence electrons. The first kappa shape index (κ1) is 17.7.